The SMILES string of the molecule is CC(C)(C)NC(=O)NC(C(=O)N1CC2[C@@H](C1C(=O)O)C2(C)C)C(C)(C)C. The molecule has 0 aromatic rings. The average Bonchev–Trinajstić information content (AvgIpc) is 2.81. The van der Waals surface area contributed by atoms with Crippen LogP contribution in [0.1, 0.15) is 55.4 Å². The number of carbonyl (C=O) groups excluding carboxylic acids is 2. The van der Waals surface area contributed by atoms with Crippen molar-refractivity contribution in [1.29, 1.82) is 0 Å². The van der Waals surface area contributed by atoms with Crippen LogP contribution in [0.5, 0.6) is 0 Å². The molecule has 2 aliphatic rings. The molecule has 0 radical (unpaired) electrons. The van der Waals surface area contributed by atoms with E-state index in [0.29, 0.717) is 6.54 Å². The average molecular weight is 367 g/mol. The summed E-state index contributed by atoms with van der Waals surface area (Å²) in [5.41, 5.74) is -1.02. The maximum absolute atomic E-state index is 13.2. The fourth-order valence-electron chi connectivity index (χ4n) is 4.12. The van der Waals surface area contributed by atoms with Crippen molar-refractivity contribution in [1.82, 2.24) is 15.5 Å². The Hall–Kier alpha value is -1.79. The largest absolute Gasteiger partial charge is 0.480 e. The van der Waals surface area contributed by atoms with Crippen LogP contribution in [-0.4, -0.2) is 52.1 Å². The summed E-state index contributed by atoms with van der Waals surface area (Å²) in [6, 6.07) is -2.05. The Kier molecular flexibility index (Phi) is 4.84. The predicted octanol–water partition coefficient (Wildman–Crippen LogP) is 2.07. The zero-order valence-corrected chi connectivity index (χ0v) is 17.1. The first-order valence-electron chi connectivity index (χ1n) is 9.19. The first-order valence-corrected chi connectivity index (χ1v) is 9.19. The van der Waals surface area contributed by atoms with Gasteiger partial charge in [0.2, 0.25) is 5.91 Å². The van der Waals surface area contributed by atoms with Gasteiger partial charge in [-0.25, -0.2) is 9.59 Å². The molecule has 2 fully saturated rings. The number of carboxylic acid groups (broad SMARTS) is 1. The van der Waals surface area contributed by atoms with Crippen LogP contribution in [0.25, 0.3) is 0 Å². The number of likely N-dealkylation sites (tertiary alicyclic amines) is 1. The number of urea groups is 1. The fourth-order valence-corrected chi connectivity index (χ4v) is 4.12. The van der Waals surface area contributed by atoms with Crippen molar-refractivity contribution < 1.29 is 19.5 Å². The van der Waals surface area contributed by atoms with Gasteiger partial charge in [-0.2, -0.15) is 0 Å². The number of aliphatic carboxylic acids is 1. The number of hydrogen-bond donors (Lipinski definition) is 3. The summed E-state index contributed by atoms with van der Waals surface area (Å²) in [5.74, 6) is -1.11. The van der Waals surface area contributed by atoms with Crippen LogP contribution >= 0.6 is 0 Å². The Labute approximate surface area is 155 Å². The Bertz CT molecular complexity index is 615. The predicted molar refractivity (Wildman–Crippen MR) is 98.6 cm³/mol. The van der Waals surface area contributed by atoms with Gasteiger partial charge in [0.05, 0.1) is 0 Å². The minimum Gasteiger partial charge on any atom is -0.480 e. The standard InChI is InChI=1S/C19H33N3O4/c1-17(2,3)13(20-16(26)21-18(4,5)6)14(23)22-9-10-11(19(10,7)8)12(22)15(24)25/h10-13H,9H2,1-8H3,(H,24,25)(H2,20,21,26)/t10?,11-,12?,13?/m0/s1. The molecule has 1 saturated heterocycles. The van der Waals surface area contributed by atoms with Crippen LogP contribution in [0.2, 0.25) is 0 Å². The van der Waals surface area contributed by atoms with Crippen molar-refractivity contribution >= 4 is 17.9 Å². The molecule has 1 saturated carbocycles. The van der Waals surface area contributed by atoms with Crippen molar-refractivity contribution in [3.8, 4) is 0 Å². The number of hydrogen-bond acceptors (Lipinski definition) is 3. The number of piperidine rings is 1. The van der Waals surface area contributed by atoms with E-state index >= 15 is 0 Å². The summed E-state index contributed by atoms with van der Waals surface area (Å²) >= 11 is 0. The van der Waals surface area contributed by atoms with E-state index in [-0.39, 0.29) is 23.2 Å². The summed E-state index contributed by atoms with van der Waals surface area (Å²) in [5, 5.41) is 15.2. The smallest absolute Gasteiger partial charge is 0.326 e. The van der Waals surface area contributed by atoms with Crippen LogP contribution < -0.4 is 10.6 Å². The molecule has 3 N–H and O–H groups in total. The number of carbonyl (C=O) groups is 3. The highest BCUT2D eigenvalue weighted by molar-refractivity contribution is 5.92. The molecule has 1 heterocycles. The molecule has 3 amide bonds. The van der Waals surface area contributed by atoms with E-state index in [1.807, 2.05) is 41.5 Å². The highest BCUT2D eigenvalue weighted by atomic mass is 16.4. The number of nitrogens with zero attached hydrogens (tertiary/aromatic N) is 1. The normalized spacial score (nSPS) is 28.2. The summed E-state index contributed by atoms with van der Waals surface area (Å²) in [6.07, 6.45) is 0. The summed E-state index contributed by atoms with van der Waals surface area (Å²) in [7, 11) is 0. The van der Waals surface area contributed by atoms with Gasteiger partial charge in [0.25, 0.3) is 0 Å². The third-order valence-electron chi connectivity index (χ3n) is 5.62. The van der Waals surface area contributed by atoms with Gasteiger partial charge >= 0.3 is 12.0 Å². The molecular formula is C19H33N3O4. The van der Waals surface area contributed by atoms with E-state index in [2.05, 4.69) is 24.5 Å². The number of fused-ring (bicyclic) bond motifs is 1. The minimum atomic E-state index is -0.969. The highest BCUT2D eigenvalue weighted by Crippen LogP contribution is 2.64. The second kappa shape index (κ2) is 6.13. The molecule has 0 bridgehead atoms. The number of nitrogens with one attached hydrogen (secondary N) is 2. The van der Waals surface area contributed by atoms with E-state index in [9.17, 15) is 19.5 Å². The fraction of sp³-hybridized carbons (Fsp3) is 0.842. The Morgan fingerprint density at radius 1 is 1.12 bits per heavy atom. The van der Waals surface area contributed by atoms with Crippen LogP contribution in [0.15, 0.2) is 0 Å². The van der Waals surface area contributed by atoms with Crippen molar-refractivity contribution in [2.45, 2.75) is 73.0 Å². The van der Waals surface area contributed by atoms with Gasteiger partial charge in [-0.05, 0) is 37.5 Å². The zero-order valence-electron chi connectivity index (χ0n) is 17.1. The van der Waals surface area contributed by atoms with Gasteiger partial charge in [0.15, 0.2) is 0 Å². The summed E-state index contributed by atoms with van der Waals surface area (Å²) in [6.45, 7) is 15.7. The Morgan fingerprint density at radius 2 is 1.65 bits per heavy atom. The molecule has 4 atom stereocenters. The van der Waals surface area contributed by atoms with Gasteiger partial charge in [0.1, 0.15) is 12.1 Å². The van der Waals surface area contributed by atoms with Crippen LogP contribution in [0.3, 0.4) is 0 Å². The molecule has 1 aliphatic heterocycles. The van der Waals surface area contributed by atoms with Gasteiger partial charge in [-0.3, -0.25) is 4.79 Å². The van der Waals surface area contributed by atoms with E-state index < -0.39 is 35.0 Å². The quantitative estimate of drug-likeness (QED) is 0.711. The van der Waals surface area contributed by atoms with Crippen molar-refractivity contribution in [2.75, 3.05) is 6.54 Å². The summed E-state index contributed by atoms with van der Waals surface area (Å²) < 4.78 is 0. The first kappa shape index (κ1) is 20.5. The molecule has 7 heteroatoms. The monoisotopic (exact) mass is 367 g/mol. The lowest BCUT2D eigenvalue weighted by Crippen LogP contribution is -2.60. The molecule has 148 valence electrons. The van der Waals surface area contributed by atoms with Gasteiger partial charge in [0, 0.05) is 18.0 Å². The third kappa shape index (κ3) is 3.81. The third-order valence-corrected chi connectivity index (χ3v) is 5.62. The van der Waals surface area contributed by atoms with Gasteiger partial charge in [-0.1, -0.05) is 34.6 Å². The molecule has 26 heavy (non-hydrogen) atoms. The molecule has 2 rings (SSSR count). The maximum atomic E-state index is 13.2. The Morgan fingerprint density at radius 3 is 2.08 bits per heavy atom. The second-order valence-corrected chi connectivity index (χ2v) is 10.4. The van der Waals surface area contributed by atoms with Crippen molar-refractivity contribution in [3.63, 3.8) is 0 Å². The molecule has 7 nitrogen and oxygen atoms in total. The van der Waals surface area contributed by atoms with Gasteiger partial charge in [-0.15, -0.1) is 0 Å². The Balaban J connectivity index is 2.20. The molecule has 1 aliphatic carbocycles. The lowest BCUT2D eigenvalue weighted by Gasteiger charge is -2.37. The van der Waals surface area contributed by atoms with Gasteiger partial charge < -0.3 is 20.6 Å². The minimum absolute atomic E-state index is 0.0204. The molecule has 3 unspecified atom stereocenters. The second-order valence-electron chi connectivity index (χ2n) is 10.4. The highest BCUT2D eigenvalue weighted by Gasteiger charge is 2.70. The van der Waals surface area contributed by atoms with Crippen LogP contribution in [-0.2, 0) is 9.59 Å². The molecule has 0 spiro atoms. The number of amides is 3. The lowest BCUT2D eigenvalue weighted by atomic mass is 9.85. The van der Waals surface area contributed by atoms with Crippen molar-refractivity contribution in [3.05, 3.63) is 0 Å². The van der Waals surface area contributed by atoms with E-state index in [0.717, 1.165) is 0 Å². The topological polar surface area (TPSA) is 98.7 Å². The zero-order chi connectivity index (χ0) is 20.2. The van der Waals surface area contributed by atoms with Crippen LogP contribution in [0, 0.1) is 22.7 Å². The molecular weight excluding hydrogens is 334 g/mol. The number of carboxylic acids is 1. The lowest BCUT2D eigenvalue weighted by molar-refractivity contribution is -0.152. The van der Waals surface area contributed by atoms with E-state index in [1.54, 1.807) is 0 Å². The van der Waals surface area contributed by atoms with Crippen molar-refractivity contribution in [2.24, 2.45) is 22.7 Å². The van der Waals surface area contributed by atoms with Crippen LogP contribution in [0.4, 0.5) is 4.79 Å². The summed E-state index contributed by atoms with van der Waals surface area (Å²) in [4.78, 5) is 38.8. The van der Waals surface area contributed by atoms with E-state index in [1.165, 1.54) is 4.90 Å². The maximum Gasteiger partial charge on any atom is 0.326 e. The van der Waals surface area contributed by atoms with E-state index in [4.69, 9.17) is 0 Å². The molecule has 0 aromatic carbocycles. The molecule has 0 aromatic heterocycles. The number of rotatable bonds is 3. The first-order chi connectivity index (χ1) is 11.6.